The summed E-state index contributed by atoms with van der Waals surface area (Å²) in [5, 5.41) is 11.9. The number of pyridine rings is 1. The molecule has 178 valence electrons. The quantitative estimate of drug-likeness (QED) is 0.461. The molecule has 0 spiro atoms. The predicted octanol–water partition coefficient (Wildman–Crippen LogP) is 4.20. The lowest BCUT2D eigenvalue weighted by Crippen LogP contribution is -2.30. The normalized spacial score (nSPS) is 14.7. The summed E-state index contributed by atoms with van der Waals surface area (Å²) in [6.07, 6.45) is 4.05. The van der Waals surface area contributed by atoms with E-state index in [-0.39, 0.29) is 11.9 Å². The van der Waals surface area contributed by atoms with E-state index in [1.807, 2.05) is 6.92 Å². The molecule has 0 bridgehead atoms. The maximum atomic E-state index is 12.6. The Balaban J connectivity index is 1.25. The summed E-state index contributed by atoms with van der Waals surface area (Å²) in [7, 11) is 0. The van der Waals surface area contributed by atoms with Crippen molar-refractivity contribution in [3.05, 3.63) is 101 Å². The Morgan fingerprint density at radius 2 is 1.91 bits per heavy atom. The minimum atomic E-state index is -0.249. The number of fused-ring (bicyclic) bond motifs is 1. The number of aryl methyl sites for hydroxylation is 1. The Kier molecular flexibility index (Phi) is 6.68. The fourth-order valence-electron chi connectivity index (χ4n) is 4.70. The standard InChI is InChI=1S/C28H30N6O/c1-20-7-3-4-11-25(20)23-9-5-8-22(17-23)19-33-14-12-26-31-32-27(34(26)16-15-33)21(2)30-28(35)24-10-6-13-29-18-24/h3-11,13,17-18,21H,12,14-16,19H2,1-2H3,(H,30,35). The van der Waals surface area contributed by atoms with Crippen molar-refractivity contribution < 1.29 is 4.79 Å². The molecule has 1 N–H and O–H groups in total. The second-order valence-corrected chi connectivity index (χ2v) is 9.10. The average Bonchev–Trinajstić information content (AvgIpc) is 3.19. The second kappa shape index (κ2) is 10.2. The number of carbonyl (C=O) groups is 1. The number of benzene rings is 2. The summed E-state index contributed by atoms with van der Waals surface area (Å²) in [5.74, 6) is 1.60. The van der Waals surface area contributed by atoms with E-state index in [1.54, 1.807) is 24.5 Å². The first-order chi connectivity index (χ1) is 17.1. The molecule has 0 radical (unpaired) electrons. The van der Waals surface area contributed by atoms with Crippen molar-refractivity contribution in [3.63, 3.8) is 0 Å². The van der Waals surface area contributed by atoms with Crippen LogP contribution < -0.4 is 5.32 Å². The van der Waals surface area contributed by atoms with E-state index in [0.717, 1.165) is 44.2 Å². The fourth-order valence-corrected chi connectivity index (χ4v) is 4.70. The largest absolute Gasteiger partial charge is 0.342 e. The zero-order chi connectivity index (χ0) is 24.2. The number of nitrogens with zero attached hydrogens (tertiary/aromatic N) is 5. The minimum Gasteiger partial charge on any atom is -0.342 e. The van der Waals surface area contributed by atoms with Gasteiger partial charge in [-0.05, 0) is 54.3 Å². The van der Waals surface area contributed by atoms with Gasteiger partial charge in [-0.2, -0.15) is 0 Å². The van der Waals surface area contributed by atoms with Gasteiger partial charge in [-0.15, -0.1) is 10.2 Å². The van der Waals surface area contributed by atoms with E-state index in [0.29, 0.717) is 5.56 Å². The van der Waals surface area contributed by atoms with Gasteiger partial charge in [-0.25, -0.2) is 0 Å². The van der Waals surface area contributed by atoms with Crippen LogP contribution >= 0.6 is 0 Å². The number of rotatable bonds is 6. The molecular weight excluding hydrogens is 436 g/mol. The Labute approximate surface area is 205 Å². The zero-order valence-corrected chi connectivity index (χ0v) is 20.2. The summed E-state index contributed by atoms with van der Waals surface area (Å²) in [6.45, 7) is 7.61. The molecule has 2 aromatic carbocycles. The molecule has 7 nitrogen and oxygen atoms in total. The van der Waals surface area contributed by atoms with Crippen LogP contribution in [0.1, 0.15) is 46.1 Å². The van der Waals surface area contributed by atoms with E-state index in [9.17, 15) is 4.79 Å². The Morgan fingerprint density at radius 3 is 2.74 bits per heavy atom. The molecule has 2 aromatic heterocycles. The number of hydrogen-bond acceptors (Lipinski definition) is 5. The third kappa shape index (κ3) is 5.15. The molecule has 7 heteroatoms. The minimum absolute atomic E-state index is 0.160. The first-order valence-electron chi connectivity index (χ1n) is 12.1. The van der Waals surface area contributed by atoms with Gasteiger partial charge in [0.15, 0.2) is 5.82 Å². The molecule has 5 rings (SSSR count). The van der Waals surface area contributed by atoms with Crippen LogP contribution in [-0.2, 0) is 19.5 Å². The van der Waals surface area contributed by atoms with Gasteiger partial charge in [0.2, 0.25) is 0 Å². The number of nitrogens with one attached hydrogen (secondary N) is 1. The highest BCUT2D eigenvalue weighted by molar-refractivity contribution is 5.94. The number of amides is 1. The Hall–Kier alpha value is -3.84. The predicted molar refractivity (Wildman–Crippen MR) is 136 cm³/mol. The number of carbonyl (C=O) groups excluding carboxylic acids is 1. The van der Waals surface area contributed by atoms with Gasteiger partial charge < -0.3 is 9.88 Å². The molecule has 3 heterocycles. The van der Waals surface area contributed by atoms with Crippen molar-refractivity contribution >= 4 is 5.91 Å². The van der Waals surface area contributed by atoms with Crippen LogP contribution in [-0.4, -0.2) is 43.6 Å². The van der Waals surface area contributed by atoms with Crippen molar-refractivity contribution in [2.45, 2.75) is 39.4 Å². The molecule has 1 aliphatic heterocycles. The summed E-state index contributed by atoms with van der Waals surface area (Å²) in [5.41, 5.74) is 5.67. The van der Waals surface area contributed by atoms with Crippen LogP contribution in [0.4, 0.5) is 0 Å². The van der Waals surface area contributed by atoms with E-state index in [4.69, 9.17) is 0 Å². The van der Waals surface area contributed by atoms with Crippen LogP contribution in [0.2, 0.25) is 0 Å². The number of hydrogen-bond donors (Lipinski definition) is 1. The lowest BCUT2D eigenvalue weighted by atomic mass is 9.99. The van der Waals surface area contributed by atoms with Crippen LogP contribution in [0, 0.1) is 6.92 Å². The first-order valence-corrected chi connectivity index (χ1v) is 12.1. The molecule has 0 aliphatic carbocycles. The van der Waals surface area contributed by atoms with Crippen molar-refractivity contribution in [3.8, 4) is 11.1 Å². The summed E-state index contributed by atoms with van der Waals surface area (Å²) >= 11 is 0. The summed E-state index contributed by atoms with van der Waals surface area (Å²) in [6, 6.07) is 20.6. The highest BCUT2D eigenvalue weighted by Crippen LogP contribution is 2.25. The van der Waals surface area contributed by atoms with Gasteiger partial charge in [0.05, 0.1) is 11.6 Å². The topological polar surface area (TPSA) is 75.9 Å². The van der Waals surface area contributed by atoms with Gasteiger partial charge in [0, 0.05) is 45.0 Å². The third-order valence-corrected chi connectivity index (χ3v) is 6.60. The molecule has 0 saturated heterocycles. The smallest absolute Gasteiger partial charge is 0.253 e. The summed E-state index contributed by atoms with van der Waals surface area (Å²) in [4.78, 5) is 19.1. The van der Waals surface area contributed by atoms with E-state index in [2.05, 4.69) is 85.4 Å². The van der Waals surface area contributed by atoms with Gasteiger partial charge in [0.1, 0.15) is 5.82 Å². The van der Waals surface area contributed by atoms with Crippen LogP contribution in [0.3, 0.4) is 0 Å². The lowest BCUT2D eigenvalue weighted by Gasteiger charge is -2.21. The molecule has 35 heavy (non-hydrogen) atoms. The second-order valence-electron chi connectivity index (χ2n) is 9.10. The molecule has 0 saturated carbocycles. The molecule has 1 unspecified atom stereocenters. The van der Waals surface area contributed by atoms with Gasteiger partial charge in [-0.3, -0.25) is 14.7 Å². The maximum absolute atomic E-state index is 12.6. The van der Waals surface area contributed by atoms with E-state index in [1.165, 1.54) is 22.3 Å². The number of aromatic nitrogens is 4. The average molecular weight is 467 g/mol. The highest BCUT2D eigenvalue weighted by atomic mass is 16.1. The Morgan fingerprint density at radius 1 is 1.03 bits per heavy atom. The van der Waals surface area contributed by atoms with Crippen molar-refractivity contribution in [1.82, 2.24) is 30.0 Å². The van der Waals surface area contributed by atoms with Gasteiger partial charge in [-0.1, -0.05) is 42.5 Å². The van der Waals surface area contributed by atoms with E-state index < -0.39 is 0 Å². The molecule has 1 amide bonds. The van der Waals surface area contributed by atoms with Gasteiger partial charge >= 0.3 is 0 Å². The fraction of sp³-hybridized carbons (Fsp3) is 0.286. The van der Waals surface area contributed by atoms with Crippen LogP contribution in [0.15, 0.2) is 73.1 Å². The molecular formula is C28H30N6O. The maximum Gasteiger partial charge on any atom is 0.253 e. The van der Waals surface area contributed by atoms with Crippen molar-refractivity contribution in [1.29, 1.82) is 0 Å². The SMILES string of the molecule is Cc1ccccc1-c1cccc(CN2CCc3nnc(C(C)NC(=O)c4cccnc4)n3CC2)c1. The monoisotopic (exact) mass is 466 g/mol. The molecule has 4 aromatic rings. The zero-order valence-electron chi connectivity index (χ0n) is 20.2. The van der Waals surface area contributed by atoms with E-state index >= 15 is 0 Å². The highest BCUT2D eigenvalue weighted by Gasteiger charge is 2.23. The first kappa shape index (κ1) is 22.9. The Bertz CT molecular complexity index is 1320. The van der Waals surface area contributed by atoms with Crippen molar-refractivity contribution in [2.24, 2.45) is 0 Å². The lowest BCUT2D eigenvalue weighted by molar-refractivity contribution is 0.0937. The van der Waals surface area contributed by atoms with Gasteiger partial charge in [0.25, 0.3) is 5.91 Å². The van der Waals surface area contributed by atoms with Crippen molar-refractivity contribution in [2.75, 3.05) is 13.1 Å². The molecule has 1 atom stereocenters. The molecule has 0 fully saturated rings. The molecule has 1 aliphatic rings. The summed E-state index contributed by atoms with van der Waals surface area (Å²) < 4.78 is 2.16. The third-order valence-electron chi connectivity index (χ3n) is 6.60. The van der Waals surface area contributed by atoms with Crippen LogP contribution in [0.25, 0.3) is 11.1 Å². The van der Waals surface area contributed by atoms with Crippen LogP contribution in [0.5, 0.6) is 0 Å².